The number of phenolic OH excluding ortho intramolecular Hbond substituents is 1. The number of rotatable bonds is 1. The summed E-state index contributed by atoms with van der Waals surface area (Å²) in [5.74, 6) is -2.85. The Labute approximate surface area is 90.7 Å². The van der Waals surface area contributed by atoms with Gasteiger partial charge < -0.3 is 10.8 Å². The second-order valence-corrected chi connectivity index (χ2v) is 4.46. The predicted octanol–water partition coefficient (Wildman–Crippen LogP) is 2.63. The first kappa shape index (κ1) is 10.6. The quantitative estimate of drug-likeness (QED) is 0.783. The monoisotopic (exact) mass is 233 g/mol. The van der Waals surface area contributed by atoms with Crippen molar-refractivity contribution in [3.63, 3.8) is 0 Å². The summed E-state index contributed by atoms with van der Waals surface area (Å²) in [6.45, 7) is 0. The van der Waals surface area contributed by atoms with E-state index < -0.39 is 24.3 Å². The van der Waals surface area contributed by atoms with E-state index in [4.69, 9.17) is 17.3 Å². The van der Waals surface area contributed by atoms with Crippen LogP contribution in [0.1, 0.15) is 18.4 Å². The van der Waals surface area contributed by atoms with Crippen LogP contribution in [0.2, 0.25) is 5.02 Å². The van der Waals surface area contributed by atoms with Gasteiger partial charge in [-0.1, -0.05) is 17.7 Å². The molecule has 2 rings (SSSR count). The van der Waals surface area contributed by atoms with E-state index >= 15 is 0 Å². The maximum atomic E-state index is 12.7. The van der Waals surface area contributed by atoms with Crippen molar-refractivity contribution < 1.29 is 13.9 Å². The number of alkyl halides is 2. The van der Waals surface area contributed by atoms with Crippen LogP contribution in [0, 0.1) is 0 Å². The zero-order valence-corrected chi connectivity index (χ0v) is 8.56. The number of hydrogen-bond donors (Lipinski definition) is 2. The molecular weight excluding hydrogens is 224 g/mol. The summed E-state index contributed by atoms with van der Waals surface area (Å²) in [5, 5.41) is 9.91. The molecule has 2 nitrogen and oxygen atoms in total. The Bertz CT molecular complexity index is 400. The van der Waals surface area contributed by atoms with Gasteiger partial charge in [0.25, 0.3) is 5.92 Å². The third-order valence-electron chi connectivity index (χ3n) is 2.64. The molecule has 1 aliphatic carbocycles. The van der Waals surface area contributed by atoms with Crippen LogP contribution in [0.5, 0.6) is 5.75 Å². The lowest BCUT2D eigenvalue weighted by Gasteiger charge is -2.45. The van der Waals surface area contributed by atoms with Gasteiger partial charge in [0.05, 0.1) is 5.54 Å². The summed E-state index contributed by atoms with van der Waals surface area (Å²) < 4.78 is 25.5. The van der Waals surface area contributed by atoms with Gasteiger partial charge in [0, 0.05) is 23.4 Å². The molecular formula is C10H10ClF2NO. The highest BCUT2D eigenvalue weighted by Crippen LogP contribution is 2.51. The summed E-state index contributed by atoms with van der Waals surface area (Å²) in [5.41, 5.74) is 4.97. The van der Waals surface area contributed by atoms with Crippen LogP contribution in [0.15, 0.2) is 18.2 Å². The topological polar surface area (TPSA) is 46.2 Å². The number of phenols is 1. The third kappa shape index (κ3) is 1.79. The van der Waals surface area contributed by atoms with E-state index in [0.29, 0.717) is 10.6 Å². The van der Waals surface area contributed by atoms with E-state index in [1.54, 1.807) is 0 Å². The first-order valence-corrected chi connectivity index (χ1v) is 4.86. The zero-order chi connectivity index (χ0) is 11.3. The number of halogens is 3. The maximum Gasteiger partial charge on any atom is 0.252 e. The van der Waals surface area contributed by atoms with Crippen LogP contribution < -0.4 is 5.73 Å². The largest absolute Gasteiger partial charge is 0.508 e. The van der Waals surface area contributed by atoms with Crippen LogP contribution in [-0.2, 0) is 5.54 Å². The number of benzene rings is 1. The molecule has 1 fully saturated rings. The standard InChI is InChI=1S/C10H10ClF2NO/c11-6-1-2-7(8(15)3-6)9(14)4-10(12,13)5-9/h1-3,15H,4-5,14H2. The van der Waals surface area contributed by atoms with Crippen molar-refractivity contribution in [3.8, 4) is 5.75 Å². The van der Waals surface area contributed by atoms with Gasteiger partial charge in [-0.2, -0.15) is 0 Å². The fourth-order valence-corrected chi connectivity index (χ4v) is 2.15. The Morgan fingerprint density at radius 2 is 1.93 bits per heavy atom. The minimum Gasteiger partial charge on any atom is -0.508 e. The van der Waals surface area contributed by atoms with Crippen molar-refractivity contribution in [1.82, 2.24) is 0 Å². The first-order valence-electron chi connectivity index (χ1n) is 4.48. The molecule has 1 aromatic rings. The van der Waals surface area contributed by atoms with Gasteiger partial charge in [-0.3, -0.25) is 0 Å². The normalized spacial score (nSPS) is 22.1. The van der Waals surface area contributed by atoms with Crippen LogP contribution >= 0.6 is 11.6 Å². The molecule has 0 radical (unpaired) electrons. The highest BCUT2D eigenvalue weighted by Gasteiger charge is 2.56. The Hall–Kier alpha value is -0.870. The van der Waals surface area contributed by atoms with E-state index in [0.717, 1.165) is 0 Å². The van der Waals surface area contributed by atoms with Gasteiger partial charge in [-0.25, -0.2) is 8.78 Å². The number of aromatic hydroxyl groups is 1. The smallest absolute Gasteiger partial charge is 0.252 e. The average Bonchev–Trinajstić information content (AvgIpc) is 1.98. The minimum atomic E-state index is -2.72. The molecule has 0 heterocycles. The lowest BCUT2D eigenvalue weighted by atomic mass is 9.69. The van der Waals surface area contributed by atoms with Crippen molar-refractivity contribution in [2.24, 2.45) is 5.73 Å². The van der Waals surface area contributed by atoms with Crippen molar-refractivity contribution in [1.29, 1.82) is 0 Å². The first-order chi connectivity index (χ1) is 6.82. The molecule has 0 spiro atoms. The molecule has 0 aliphatic heterocycles. The van der Waals surface area contributed by atoms with E-state index in [2.05, 4.69) is 0 Å². The molecule has 0 atom stereocenters. The lowest BCUT2D eigenvalue weighted by Crippen LogP contribution is -2.55. The van der Waals surface area contributed by atoms with Gasteiger partial charge in [0.1, 0.15) is 5.75 Å². The molecule has 0 saturated heterocycles. The molecule has 0 bridgehead atoms. The van der Waals surface area contributed by atoms with Crippen LogP contribution in [0.3, 0.4) is 0 Å². The zero-order valence-electron chi connectivity index (χ0n) is 7.80. The average molecular weight is 234 g/mol. The van der Waals surface area contributed by atoms with Gasteiger partial charge >= 0.3 is 0 Å². The Kier molecular flexibility index (Phi) is 2.17. The highest BCUT2D eigenvalue weighted by molar-refractivity contribution is 6.30. The molecule has 0 aromatic heterocycles. The molecule has 1 saturated carbocycles. The Balaban J connectivity index is 2.32. The summed E-state index contributed by atoms with van der Waals surface area (Å²) in [4.78, 5) is 0. The molecule has 3 N–H and O–H groups in total. The van der Waals surface area contributed by atoms with Crippen LogP contribution in [-0.4, -0.2) is 11.0 Å². The molecule has 15 heavy (non-hydrogen) atoms. The number of hydrogen-bond acceptors (Lipinski definition) is 2. The summed E-state index contributed by atoms with van der Waals surface area (Å²) in [6, 6.07) is 4.33. The van der Waals surface area contributed by atoms with Crippen molar-refractivity contribution in [3.05, 3.63) is 28.8 Å². The summed E-state index contributed by atoms with van der Waals surface area (Å²) in [6.07, 6.45) is -0.871. The van der Waals surface area contributed by atoms with E-state index in [-0.39, 0.29) is 5.75 Å². The summed E-state index contributed by atoms with van der Waals surface area (Å²) >= 11 is 5.64. The highest BCUT2D eigenvalue weighted by atomic mass is 35.5. The van der Waals surface area contributed by atoms with Crippen molar-refractivity contribution in [2.75, 3.05) is 0 Å². The van der Waals surface area contributed by atoms with E-state index in [9.17, 15) is 13.9 Å². The Morgan fingerprint density at radius 1 is 1.33 bits per heavy atom. The second kappa shape index (κ2) is 3.06. The molecule has 1 aliphatic rings. The molecule has 5 heteroatoms. The van der Waals surface area contributed by atoms with E-state index in [1.807, 2.05) is 0 Å². The predicted molar refractivity (Wildman–Crippen MR) is 53.2 cm³/mol. The fraction of sp³-hybridized carbons (Fsp3) is 0.400. The lowest BCUT2D eigenvalue weighted by molar-refractivity contribution is -0.125. The molecule has 0 amide bonds. The molecule has 1 aromatic carbocycles. The number of nitrogens with two attached hydrogens (primary N) is 1. The van der Waals surface area contributed by atoms with Gasteiger partial charge in [0.15, 0.2) is 0 Å². The molecule has 0 unspecified atom stereocenters. The van der Waals surface area contributed by atoms with Crippen molar-refractivity contribution in [2.45, 2.75) is 24.3 Å². The fourth-order valence-electron chi connectivity index (χ4n) is 1.99. The van der Waals surface area contributed by atoms with Crippen LogP contribution in [0.25, 0.3) is 0 Å². The van der Waals surface area contributed by atoms with Crippen molar-refractivity contribution >= 4 is 11.6 Å². The summed E-state index contributed by atoms with van der Waals surface area (Å²) in [7, 11) is 0. The Morgan fingerprint density at radius 3 is 2.40 bits per heavy atom. The maximum absolute atomic E-state index is 12.7. The third-order valence-corrected chi connectivity index (χ3v) is 2.88. The molecule has 82 valence electrons. The second-order valence-electron chi connectivity index (χ2n) is 4.03. The van der Waals surface area contributed by atoms with E-state index in [1.165, 1.54) is 18.2 Å². The minimum absolute atomic E-state index is 0.125. The van der Waals surface area contributed by atoms with Gasteiger partial charge in [0.2, 0.25) is 0 Å². The SMILES string of the molecule is NC1(c2ccc(Cl)cc2O)CC(F)(F)C1. The van der Waals surface area contributed by atoms with Gasteiger partial charge in [-0.05, 0) is 12.1 Å². The van der Waals surface area contributed by atoms with Crippen LogP contribution in [0.4, 0.5) is 8.78 Å². The van der Waals surface area contributed by atoms with Gasteiger partial charge in [-0.15, -0.1) is 0 Å².